The fourth-order valence-electron chi connectivity index (χ4n) is 2.26. The number of hydrogen-bond donors (Lipinski definition) is 0. The minimum absolute atomic E-state index is 0.0504. The number of allylic oxidation sites excluding steroid dienone is 2. The first-order valence-corrected chi connectivity index (χ1v) is 7.83. The van der Waals surface area contributed by atoms with E-state index in [2.05, 4.69) is 28.8 Å². The molecule has 0 radical (unpaired) electrons. The molecule has 2 heterocycles. The largest absolute Gasteiger partial charge is 0.492 e. The van der Waals surface area contributed by atoms with Crippen LogP contribution in [0, 0.1) is 12.3 Å². The van der Waals surface area contributed by atoms with Crippen LogP contribution >= 0.6 is 27.5 Å². The zero-order valence-corrected chi connectivity index (χ0v) is 13.3. The smallest absolute Gasteiger partial charge is 0.118 e. The molecular formula is C15H18BrClO2. The minimum atomic E-state index is -0.0510. The Morgan fingerprint density at radius 2 is 2.37 bits per heavy atom. The molecule has 0 N–H and O–H groups in total. The first-order chi connectivity index (χ1) is 9.15. The van der Waals surface area contributed by atoms with E-state index < -0.39 is 0 Å². The lowest BCUT2D eigenvalue weighted by Crippen LogP contribution is -2.28. The summed E-state index contributed by atoms with van der Waals surface area (Å²) >= 11 is 10.0. The van der Waals surface area contributed by atoms with Gasteiger partial charge in [-0.15, -0.1) is 18.0 Å². The number of hydrogen-bond acceptors (Lipinski definition) is 2. The topological polar surface area (TPSA) is 21.8 Å². The molecule has 2 rings (SSSR count). The number of halogens is 2. The molecule has 0 unspecified atom stereocenters. The number of alkyl halides is 1. The Labute approximate surface area is 128 Å². The lowest BCUT2D eigenvalue weighted by Gasteiger charge is -2.26. The van der Waals surface area contributed by atoms with Crippen LogP contribution in [0.25, 0.3) is 0 Å². The van der Waals surface area contributed by atoms with Crippen molar-refractivity contribution in [1.82, 2.24) is 0 Å². The van der Waals surface area contributed by atoms with Gasteiger partial charge >= 0.3 is 0 Å². The second-order valence-electron chi connectivity index (χ2n) is 4.81. The van der Waals surface area contributed by atoms with E-state index in [1.165, 1.54) is 0 Å². The quantitative estimate of drug-likeness (QED) is 0.436. The number of terminal acetylenes is 1. The summed E-state index contributed by atoms with van der Waals surface area (Å²) in [4.78, 5) is 0. The highest BCUT2D eigenvalue weighted by atomic mass is 79.9. The summed E-state index contributed by atoms with van der Waals surface area (Å²) < 4.78 is 12.8. The van der Waals surface area contributed by atoms with Gasteiger partial charge in [0.25, 0.3) is 0 Å². The lowest BCUT2D eigenvalue weighted by atomic mass is 10.0. The summed E-state index contributed by atoms with van der Waals surface area (Å²) in [7, 11) is 0. The summed E-state index contributed by atoms with van der Waals surface area (Å²) in [6.45, 7) is 2.09. The van der Waals surface area contributed by atoms with Gasteiger partial charge < -0.3 is 9.47 Å². The molecule has 0 amide bonds. The van der Waals surface area contributed by atoms with Gasteiger partial charge in [-0.05, 0) is 18.9 Å². The van der Waals surface area contributed by atoms with Crippen LogP contribution in [0.5, 0.6) is 0 Å². The van der Waals surface area contributed by atoms with Gasteiger partial charge in [-0.1, -0.05) is 34.9 Å². The Hall–Kier alpha value is -0.430. The number of rotatable bonds is 3. The Balaban J connectivity index is 2.11. The van der Waals surface area contributed by atoms with E-state index in [1.54, 1.807) is 6.08 Å². The third-order valence-corrected chi connectivity index (χ3v) is 4.89. The van der Waals surface area contributed by atoms with E-state index in [0.717, 1.165) is 35.9 Å². The van der Waals surface area contributed by atoms with Crippen molar-refractivity contribution in [2.75, 3.05) is 0 Å². The maximum absolute atomic E-state index is 6.44. The molecule has 4 heteroatoms. The van der Waals surface area contributed by atoms with Gasteiger partial charge in [0.2, 0.25) is 0 Å². The molecule has 2 fully saturated rings. The molecule has 0 aromatic carbocycles. The van der Waals surface area contributed by atoms with Crippen molar-refractivity contribution >= 4 is 27.5 Å². The fraction of sp³-hybridized carbons (Fsp3) is 0.600. The molecule has 0 spiro atoms. The first-order valence-electron chi connectivity index (χ1n) is 6.60. The molecule has 2 aliphatic rings. The van der Waals surface area contributed by atoms with Crippen molar-refractivity contribution in [3.05, 3.63) is 22.4 Å². The average Bonchev–Trinajstić information content (AvgIpc) is 3.11. The Morgan fingerprint density at radius 3 is 3.05 bits per heavy atom. The normalized spacial score (nSPS) is 36.7. The van der Waals surface area contributed by atoms with Crippen LogP contribution in [-0.4, -0.2) is 23.7 Å². The molecule has 0 bridgehead atoms. The van der Waals surface area contributed by atoms with Crippen molar-refractivity contribution in [1.29, 1.82) is 0 Å². The second kappa shape index (κ2) is 6.83. The predicted molar refractivity (Wildman–Crippen MR) is 81.2 cm³/mol. The molecule has 0 aromatic heterocycles. The second-order valence-corrected chi connectivity index (χ2v) is 6.33. The molecular weight excluding hydrogens is 328 g/mol. The summed E-state index contributed by atoms with van der Waals surface area (Å²) in [5.41, 5.74) is 0. The van der Waals surface area contributed by atoms with Crippen LogP contribution in [0.15, 0.2) is 22.4 Å². The Kier molecular flexibility index (Phi) is 5.38. The van der Waals surface area contributed by atoms with Crippen molar-refractivity contribution in [3.63, 3.8) is 0 Å². The summed E-state index contributed by atoms with van der Waals surface area (Å²) in [5, 5.41) is -0.0510. The highest BCUT2D eigenvalue weighted by molar-refractivity contribution is 9.11. The minimum Gasteiger partial charge on any atom is -0.492 e. The van der Waals surface area contributed by atoms with Crippen LogP contribution < -0.4 is 0 Å². The number of ether oxygens (including phenoxy) is 2. The van der Waals surface area contributed by atoms with Crippen LogP contribution in [-0.2, 0) is 9.47 Å². The molecule has 4 atom stereocenters. The predicted octanol–water partition coefficient (Wildman–Crippen LogP) is 4.14. The van der Waals surface area contributed by atoms with Gasteiger partial charge in [-0.2, -0.15) is 0 Å². The van der Waals surface area contributed by atoms with E-state index in [4.69, 9.17) is 27.5 Å². The van der Waals surface area contributed by atoms with Gasteiger partial charge in [-0.3, -0.25) is 0 Å². The van der Waals surface area contributed by atoms with Crippen molar-refractivity contribution in [3.8, 4) is 12.3 Å². The zero-order valence-electron chi connectivity index (χ0n) is 10.9. The highest BCUT2D eigenvalue weighted by Gasteiger charge is 2.44. The standard InChI is InChI=1S/C15H18BrClO2/c1-3-5-6-7-12-11(17)8-14-15(19-14)9-13(18-12)10(16)4-2/h1,5-6,11-12,14-15H,4,7-9H2,2H3/b6-5+,13-10-/t11-,12-,14+,15-/m1/s1. The summed E-state index contributed by atoms with van der Waals surface area (Å²) in [5.74, 6) is 3.46. The van der Waals surface area contributed by atoms with Gasteiger partial charge in [0, 0.05) is 17.3 Å². The average molecular weight is 346 g/mol. The van der Waals surface area contributed by atoms with Crippen molar-refractivity contribution in [2.24, 2.45) is 0 Å². The van der Waals surface area contributed by atoms with Gasteiger partial charge in [0.15, 0.2) is 0 Å². The number of epoxide rings is 1. The first kappa shape index (κ1) is 15.0. The maximum Gasteiger partial charge on any atom is 0.118 e. The monoisotopic (exact) mass is 344 g/mol. The maximum atomic E-state index is 6.44. The number of fused-ring (bicyclic) bond motifs is 1. The van der Waals surface area contributed by atoms with E-state index in [0.29, 0.717) is 0 Å². The fourth-order valence-corrected chi connectivity index (χ4v) is 2.85. The molecule has 2 aliphatic heterocycles. The van der Waals surface area contributed by atoms with E-state index in [1.807, 2.05) is 6.08 Å². The highest BCUT2D eigenvalue weighted by Crippen LogP contribution is 2.40. The van der Waals surface area contributed by atoms with E-state index >= 15 is 0 Å². The molecule has 2 saturated heterocycles. The van der Waals surface area contributed by atoms with Crippen LogP contribution in [0.4, 0.5) is 0 Å². The molecule has 19 heavy (non-hydrogen) atoms. The van der Waals surface area contributed by atoms with Crippen LogP contribution in [0.1, 0.15) is 32.6 Å². The zero-order chi connectivity index (χ0) is 13.8. The molecule has 104 valence electrons. The molecule has 0 aromatic rings. The third-order valence-electron chi connectivity index (χ3n) is 3.42. The van der Waals surface area contributed by atoms with Crippen molar-refractivity contribution < 1.29 is 9.47 Å². The van der Waals surface area contributed by atoms with Gasteiger partial charge in [0.1, 0.15) is 11.9 Å². The molecule has 2 nitrogen and oxygen atoms in total. The van der Waals surface area contributed by atoms with Crippen molar-refractivity contribution in [2.45, 2.75) is 56.3 Å². The SMILES string of the molecule is C#C/C=C/C[C@H]1O/C(=C(\Br)CC)C[C@H]2O[C@H]2C[C@H]1Cl. The lowest BCUT2D eigenvalue weighted by molar-refractivity contribution is 0.0992. The Bertz CT molecular complexity index is 424. The Morgan fingerprint density at radius 1 is 1.58 bits per heavy atom. The van der Waals surface area contributed by atoms with E-state index in [-0.39, 0.29) is 23.7 Å². The van der Waals surface area contributed by atoms with Crippen LogP contribution in [0.3, 0.4) is 0 Å². The van der Waals surface area contributed by atoms with Gasteiger partial charge in [0.05, 0.1) is 17.6 Å². The van der Waals surface area contributed by atoms with E-state index in [9.17, 15) is 0 Å². The third kappa shape index (κ3) is 4.02. The molecule has 0 aliphatic carbocycles. The molecule has 0 saturated carbocycles. The summed E-state index contributed by atoms with van der Waals surface area (Å²) in [6, 6.07) is 0. The van der Waals surface area contributed by atoms with Gasteiger partial charge in [-0.25, -0.2) is 0 Å². The van der Waals surface area contributed by atoms with Crippen LogP contribution in [0.2, 0.25) is 0 Å². The summed E-state index contributed by atoms with van der Waals surface area (Å²) in [6.07, 6.45) is 12.7.